The highest BCUT2D eigenvalue weighted by molar-refractivity contribution is 7.81. The molecule has 0 saturated carbocycles. The molecule has 0 aliphatic carbocycles. The van der Waals surface area contributed by atoms with E-state index in [0.29, 0.717) is 19.3 Å². The van der Waals surface area contributed by atoms with Gasteiger partial charge >= 0.3 is 16.4 Å². The number of carbonyl (C=O) groups is 1. The zero-order valence-corrected chi connectivity index (χ0v) is 14.6. The second-order valence-electron chi connectivity index (χ2n) is 5.92. The van der Waals surface area contributed by atoms with E-state index in [4.69, 9.17) is 14.0 Å². The first kappa shape index (κ1) is 18.2. The third-order valence-electron chi connectivity index (χ3n) is 3.87. The van der Waals surface area contributed by atoms with Gasteiger partial charge in [0.15, 0.2) is 11.5 Å². The number of ether oxygens (including phenoxy) is 2. The highest BCUT2D eigenvalue weighted by atomic mass is 32.3. The van der Waals surface area contributed by atoms with Crippen LogP contribution in [0.1, 0.15) is 24.0 Å². The number of hydrogen-bond donors (Lipinski definition) is 1. The summed E-state index contributed by atoms with van der Waals surface area (Å²) in [6.45, 7) is 0.199. The molecular formula is C18H18O7S. The quantitative estimate of drug-likeness (QED) is 0.584. The van der Waals surface area contributed by atoms with Gasteiger partial charge in [-0.05, 0) is 29.7 Å². The first-order chi connectivity index (χ1) is 12.4. The van der Waals surface area contributed by atoms with E-state index >= 15 is 0 Å². The molecule has 2 aromatic carbocycles. The Kier molecular flexibility index (Phi) is 5.43. The van der Waals surface area contributed by atoms with Crippen molar-refractivity contribution in [3.63, 3.8) is 0 Å². The number of esters is 1. The van der Waals surface area contributed by atoms with Gasteiger partial charge in [0.25, 0.3) is 0 Å². The van der Waals surface area contributed by atoms with Crippen LogP contribution in [0.4, 0.5) is 0 Å². The van der Waals surface area contributed by atoms with Crippen LogP contribution in [0.2, 0.25) is 0 Å². The van der Waals surface area contributed by atoms with Crippen LogP contribution in [0.3, 0.4) is 0 Å². The van der Waals surface area contributed by atoms with Crippen molar-refractivity contribution in [2.45, 2.75) is 32.0 Å². The summed E-state index contributed by atoms with van der Waals surface area (Å²) in [4.78, 5) is 11.2. The van der Waals surface area contributed by atoms with Crippen molar-refractivity contribution in [1.82, 2.24) is 0 Å². The molecule has 1 saturated heterocycles. The van der Waals surface area contributed by atoms with Gasteiger partial charge in [0, 0.05) is 12.8 Å². The van der Waals surface area contributed by atoms with E-state index in [1.165, 1.54) is 6.07 Å². The molecule has 1 heterocycles. The lowest BCUT2D eigenvalue weighted by atomic mass is 10.1. The molecule has 0 radical (unpaired) electrons. The Morgan fingerprint density at radius 2 is 1.85 bits per heavy atom. The van der Waals surface area contributed by atoms with E-state index in [-0.39, 0.29) is 30.2 Å². The third kappa shape index (κ3) is 5.21. The smallest absolute Gasteiger partial charge is 0.446 e. The average molecular weight is 378 g/mol. The fourth-order valence-corrected chi connectivity index (χ4v) is 3.06. The van der Waals surface area contributed by atoms with E-state index in [0.717, 1.165) is 11.1 Å². The van der Waals surface area contributed by atoms with Crippen molar-refractivity contribution in [2.24, 2.45) is 0 Å². The fraction of sp³-hybridized carbons (Fsp3) is 0.278. The summed E-state index contributed by atoms with van der Waals surface area (Å²) < 4.78 is 46.5. The van der Waals surface area contributed by atoms with Gasteiger partial charge in [-0.15, -0.1) is 0 Å². The van der Waals surface area contributed by atoms with Crippen LogP contribution < -0.4 is 8.92 Å². The minimum Gasteiger partial charge on any atom is -0.485 e. The maximum absolute atomic E-state index is 11.2. The number of rotatable bonds is 7. The molecule has 1 aliphatic rings. The van der Waals surface area contributed by atoms with Crippen molar-refractivity contribution in [3.8, 4) is 11.5 Å². The van der Waals surface area contributed by atoms with Crippen LogP contribution in [-0.2, 0) is 33.0 Å². The SMILES string of the molecule is O=C1CC[C@H](Cc2ccc(OS(=O)(=O)O)c(OCc3ccccc3)c2)O1. The number of cyclic esters (lactones) is 1. The summed E-state index contributed by atoms with van der Waals surface area (Å²) in [7, 11) is -4.67. The van der Waals surface area contributed by atoms with Crippen LogP contribution in [0.25, 0.3) is 0 Å². The van der Waals surface area contributed by atoms with Crippen LogP contribution >= 0.6 is 0 Å². The molecule has 2 aromatic rings. The summed E-state index contributed by atoms with van der Waals surface area (Å²) in [5.74, 6) is -0.161. The van der Waals surface area contributed by atoms with Crippen molar-refractivity contribution in [3.05, 3.63) is 59.7 Å². The first-order valence-corrected chi connectivity index (χ1v) is 9.41. The average Bonchev–Trinajstić information content (AvgIpc) is 2.99. The van der Waals surface area contributed by atoms with Gasteiger partial charge < -0.3 is 13.7 Å². The standard InChI is InChI=1S/C18H18O7S/c19-18-9-7-15(24-18)10-14-6-8-16(25-26(20,21)22)17(11-14)23-12-13-4-2-1-3-5-13/h1-6,8,11,15H,7,9-10,12H2,(H,20,21,22)/t15-/m1/s1. The molecule has 0 amide bonds. The topological polar surface area (TPSA) is 99.1 Å². The molecule has 0 aromatic heterocycles. The molecule has 26 heavy (non-hydrogen) atoms. The normalized spacial score (nSPS) is 17.0. The van der Waals surface area contributed by atoms with Gasteiger partial charge in [0.05, 0.1) is 0 Å². The molecule has 0 spiro atoms. The van der Waals surface area contributed by atoms with E-state index < -0.39 is 10.4 Å². The van der Waals surface area contributed by atoms with Crippen molar-refractivity contribution in [1.29, 1.82) is 0 Å². The maximum atomic E-state index is 11.2. The monoisotopic (exact) mass is 378 g/mol. The van der Waals surface area contributed by atoms with Crippen LogP contribution in [0.5, 0.6) is 11.5 Å². The molecule has 1 fully saturated rings. The number of benzene rings is 2. The molecule has 0 unspecified atom stereocenters. The Morgan fingerprint density at radius 1 is 1.08 bits per heavy atom. The molecule has 138 valence electrons. The molecule has 1 N–H and O–H groups in total. The molecule has 7 nitrogen and oxygen atoms in total. The largest absolute Gasteiger partial charge is 0.485 e. The molecule has 3 rings (SSSR count). The van der Waals surface area contributed by atoms with E-state index in [1.807, 2.05) is 30.3 Å². The first-order valence-electron chi connectivity index (χ1n) is 8.05. The lowest BCUT2D eigenvalue weighted by Crippen LogP contribution is -2.11. The van der Waals surface area contributed by atoms with Crippen LogP contribution in [0, 0.1) is 0 Å². The van der Waals surface area contributed by atoms with Gasteiger partial charge in [0.1, 0.15) is 12.7 Å². The summed E-state index contributed by atoms with van der Waals surface area (Å²) in [5.41, 5.74) is 1.69. The molecular weight excluding hydrogens is 360 g/mol. The summed E-state index contributed by atoms with van der Waals surface area (Å²) in [5, 5.41) is 0. The van der Waals surface area contributed by atoms with Crippen molar-refractivity contribution >= 4 is 16.4 Å². The highest BCUT2D eigenvalue weighted by Crippen LogP contribution is 2.31. The summed E-state index contributed by atoms with van der Waals surface area (Å²) in [6.07, 6.45) is 1.31. The minimum absolute atomic E-state index is 0.115. The van der Waals surface area contributed by atoms with E-state index in [2.05, 4.69) is 4.18 Å². The zero-order valence-electron chi connectivity index (χ0n) is 13.8. The van der Waals surface area contributed by atoms with E-state index in [9.17, 15) is 13.2 Å². The van der Waals surface area contributed by atoms with Crippen molar-refractivity contribution in [2.75, 3.05) is 0 Å². The Hall–Kier alpha value is -2.58. The highest BCUT2D eigenvalue weighted by Gasteiger charge is 2.24. The van der Waals surface area contributed by atoms with Gasteiger partial charge in [-0.3, -0.25) is 9.35 Å². The molecule has 1 aliphatic heterocycles. The second-order valence-corrected chi connectivity index (χ2v) is 6.94. The predicted molar refractivity (Wildman–Crippen MR) is 92.2 cm³/mol. The molecule has 1 atom stereocenters. The lowest BCUT2D eigenvalue weighted by Gasteiger charge is -2.14. The van der Waals surface area contributed by atoms with Crippen LogP contribution in [-0.4, -0.2) is 25.0 Å². The predicted octanol–water partition coefficient (Wildman–Crippen LogP) is 2.70. The Morgan fingerprint density at radius 3 is 2.50 bits per heavy atom. The zero-order chi connectivity index (χ0) is 18.6. The third-order valence-corrected chi connectivity index (χ3v) is 4.26. The van der Waals surface area contributed by atoms with Gasteiger partial charge in [-0.1, -0.05) is 36.4 Å². The second kappa shape index (κ2) is 7.76. The number of carbonyl (C=O) groups excluding carboxylic acids is 1. The van der Waals surface area contributed by atoms with Crippen LogP contribution in [0.15, 0.2) is 48.5 Å². The fourth-order valence-electron chi connectivity index (χ4n) is 2.70. The Balaban J connectivity index is 1.79. The molecule has 0 bridgehead atoms. The maximum Gasteiger partial charge on any atom is 0.446 e. The Bertz CT molecular complexity index is 878. The Labute approximate surface area is 151 Å². The van der Waals surface area contributed by atoms with Crippen molar-refractivity contribution < 1.29 is 31.4 Å². The lowest BCUT2D eigenvalue weighted by molar-refractivity contribution is -0.141. The van der Waals surface area contributed by atoms with Gasteiger partial charge in [0.2, 0.25) is 0 Å². The van der Waals surface area contributed by atoms with E-state index in [1.54, 1.807) is 12.1 Å². The number of hydrogen-bond acceptors (Lipinski definition) is 6. The summed E-state index contributed by atoms with van der Waals surface area (Å²) >= 11 is 0. The minimum atomic E-state index is -4.67. The van der Waals surface area contributed by atoms with Gasteiger partial charge in [-0.25, -0.2) is 0 Å². The molecule has 8 heteroatoms. The van der Waals surface area contributed by atoms with Gasteiger partial charge in [-0.2, -0.15) is 8.42 Å². The summed E-state index contributed by atoms with van der Waals surface area (Å²) in [6, 6.07) is 14.0.